The number of benzene rings is 1. The number of carboxylic acid groups (broad SMARTS) is 1. The Morgan fingerprint density at radius 1 is 1.35 bits per heavy atom. The minimum Gasteiger partial charge on any atom is -0.476 e. The summed E-state index contributed by atoms with van der Waals surface area (Å²) in [6.07, 6.45) is 1.10. The number of carbonyl (C=O) groups is 3. The molecular weight excluding hydrogens is 506 g/mol. The van der Waals surface area contributed by atoms with Crippen LogP contribution in [0.4, 0.5) is 10.5 Å². The third-order valence-corrected chi connectivity index (χ3v) is 6.93. The molecule has 2 heterocycles. The van der Waals surface area contributed by atoms with Crippen LogP contribution in [0.2, 0.25) is 0 Å². The lowest BCUT2D eigenvalue weighted by Crippen LogP contribution is -2.54. The molecule has 34 heavy (non-hydrogen) atoms. The van der Waals surface area contributed by atoms with Crippen molar-refractivity contribution in [3.05, 3.63) is 22.2 Å². The fourth-order valence-electron chi connectivity index (χ4n) is 4.66. The fraction of sp³-hybridized carbons (Fsp3) is 0.625. The first-order valence-electron chi connectivity index (χ1n) is 11.6. The molecule has 9 nitrogen and oxygen atoms in total. The maximum atomic E-state index is 13.8. The Balaban J connectivity index is 1.98. The number of nitrogens with zero attached hydrogens (tertiary/aromatic N) is 3. The van der Waals surface area contributed by atoms with Crippen molar-refractivity contribution >= 4 is 39.5 Å². The Morgan fingerprint density at radius 3 is 2.68 bits per heavy atom. The van der Waals surface area contributed by atoms with E-state index < -0.39 is 11.7 Å². The fourth-order valence-corrected chi connectivity index (χ4v) is 5.15. The summed E-state index contributed by atoms with van der Waals surface area (Å²) in [5.41, 5.74) is -0.0727. The predicted molar refractivity (Wildman–Crippen MR) is 132 cm³/mol. The summed E-state index contributed by atoms with van der Waals surface area (Å²) in [6, 6.07) is 3.08. The highest BCUT2D eigenvalue weighted by Gasteiger charge is 2.42. The summed E-state index contributed by atoms with van der Waals surface area (Å²) in [5, 5.41) is 9.45. The van der Waals surface area contributed by atoms with Gasteiger partial charge in [0.1, 0.15) is 5.75 Å². The molecule has 0 unspecified atom stereocenters. The quantitative estimate of drug-likeness (QED) is 0.526. The second kappa shape index (κ2) is 10.5. The largest absolute Gasteiger partial charge is 0.476 e. The molecule has 2 aliphatic heterocycles. The molecular formula is C24H34BrN3O6. The van der Waals surface area contributed by atoms with Gasteiger partial charge in [0.05, 0.1) is 17.3 Å². The molecule has 1 N–H and O–H groups in total. The van der Waals surface area contributed by atoms with Crippen LogP contribution >= 0.6 is 15.9 Å². The normalized spacial score (nSPS) is 19.6. The van der Waals surface area contributed by atoms with Gasteiger partial charge in [-0.05, 0) is 75.0 Å². The lowest BCUT2D eigenvalue weighted by atomic mass is 9.99. The molecule has 1 aromatic carbocycles. The van der Waals surface area contributed by atoms with Crippen LogP contribution in [0.5, 0.6) is 5.75 Å². The van der Waals surface area contributed by atoms with E-state index in [0.29, 0.717) is 54.0 Å². The summed E-state index contributed by atoms with van der Waals surface area (Å²) in [6.45, 7) is 9.00. The van der Waals surface area contributed by atoms with E-state index in [1.165, 1.54) is 4.90 Å². The molecule has 2 aliphatic rings. The van der Waals surface area contributed by atoms with Crippen LogP contribution in [0, 0.1) is 0 Å². The van der Waals surface area contributed by atoms with Gasteiger partial charge in [-0.25, -0.2) is 4.79 Å². The van der Waals surface area contributed by atoms with Crippen molar-refractivity contribution in [2.24, 2.45) is 0 Å². The van der Waals surface area contributed by atoms with E-state index in [1.54, 1.807) is 42.9 Å². The van der Waals surface area contributed by atoms with Gasteiger partial charge < -0.3 is 29.3 Å². The van der Waals surface area contributed by atoms with Gasteiger partial charge in [-0.15, -0.1) is 0 Å². The molecule has 0 radical (unpaired) electrons. The van der Waals surface area contributed by atoms with Gasteiger partial charge in [-0.3, -0.25) is 9.59 Å². The van der Waals surface area contributed by atoms with Gasteiger partial charge in [-0.2, -0.15) is 0 Å². The number of rotatable bonds is 7. The van der Waals surface area contributed by atoms with Crippen LogP contribution in [-0.4, -0.2) is 83.8 Å². The van der Waals surface area contributed by atoms with Gasteiger partial charge >= 0.3 is 6.09 Å². The summed E-state index contributed by atoms with van der Waals surface area (Å²) in [4.78, 5) is 43.3. The summed E-state index contributed by atoms with van der Waals surface area (Å²) in [7, 11) is 1.62. The Morgan fingerprint density at radius 2 is 2.06 bits per heavy atom. The number of amides is 3. The SMILES string of the molecule is COCCCN1C(=O)C(C)(C)Oc2cc(Br)c(C(=O)N(C(C)C)[C@@H]3CCCN(C(=O)O)C3)cc21. The molecule has 10 heteroatoms. The molecule has 1 atom stereocenters. The number of hydrogen-bond donors (Lipinski definition) is 1. The number of methoxy groups -OCH3 is 1. The highest BCUT2D eigenvalue weighted by molar-refractivity contribution is 9.10. The molecule has 1 fully saturated rings. The second-order valence-corrected chi connectivity index (χ2v) is 10.4. The van der Waals surface area contributed by atoms with Crippen LogP contribution in [0.1, 0.15) is 57.3 Å². The average molecular weight is 540 g/mol. The number of fused-ring (bicyclic) bond motifs is 1. The highest BCUT2D eigenvalue weighted by Crippen LogP contribution is 2.42. The first-order chi connectivity index (χ1) is 16.0. The second-order valence-electron chi connectivity index (χ2n) is 9.55. The van der Waals surface area contributed by atoms with Crippen molar-refractivity contribution in [2.45, 2.75) is 64.6 Å². The van der Waals surface area contributed by atoms with Crippen molar-refractivity contribution in [2.75, 3.05) is 38.3 Å². The number of ether oxygens (including phenoxy) is 2. The number of carbonyl (C=O) groups excluding carboxylic acids is 2. The van der Waals surface area contributed by atoms with E-state index in [2.05, 4.69) is 15.9 Å². The van der Waals surface area contributed by atoms with Crippen LogP contribution in [0.3, 0.4) is 0 Å². The Labute approximate surface area is 209 Å². The summed E-state index contributed by atoms with van der Waals surface area (Å²) < 4.78 is 11.7. The zero-order valence-corrected chi connectivity index (χ0v) is 22.1. The third kappa shape index (κ3) is 5.33. The van der Waals surface area contributed by atoms with E-state index in [1.807, 2.05) is 13.8 Å². The number of likely N-dealkylation sites (tertiary alicyclic amines) is 1. The Bertz CT molecular complexity index is 951. The zero-order chi connectivity index (χ0) is 25.2. The van der Waals surface area contributed by atoms with Crippen molar-refractivity contribution in [1.82, 2.24) is 9.80 Å². The third-order valence-electron chi connectivity index (χ3n) is 6.28. The molecule has 0 aromatic heterocycles. The Kier molecular flexibility index (Phi) is 8.13. The zero-order valence-electron chi connectivity index (χ0n) is 20.5. The minimum absolute atomic E-state index is 0.135. The molecule has 188 valence electrons. The van der Waals surface area contributed by atoms with Crippen LogP contribution in [0.15, 0.2) is 16.6 Å². The van der Waals surface area contributed by atoms with Crippen LogP contribution < -0.4 is 9.64 Å². The summed E-state index contributed by atoms with van der Waals surface area (Å²) in [5.74, 6) is 0.134. The number of piperidine rings is 1. The van der Waals surface area contributed by atoms with Gasteiger partial charge in [0, 0.05) is 43.9 Å². The molecule has 0 saturated carbocycles. The molecule has 1 saturated heterocycles. The van der Waals surface area contributed by atoms with Crippen molar-refractivity contribution in [3.8, 4) is 5.75 Å². The number of halogens is 1. The number of anilines is 1. The van der Waals surface area contributed by atoms with Crippen molar-refractivity contribution < 1.29 is 29.0 Å². The molecule has 0 bridgehead atoms. The van der Waals surface area contributed by atoms with Gasteiger partial charge in [0.25, 0.3) is 11.8 Å². The first kappa shape index (κ1) is 26.3. The lowest BCUT2D eigenvalue weighted by molar-refractivity contribution is -0.132. The lowest BCUT2D eigenvalue weighted by Gasteiger charge is -2.41. The maximum Gasteiger partial charge on any atom is 0.407 e. The average Bonchev–Trinajstić information content (AvgIpc) is 2.76. The monoisotopic (exact) mass is 539 g/mol. The Hall–Kier alpha value is -2.33. The van der Waals surface area contributed by atoms with Gasteiger partial charge in [0.2, 0.25) is 0 Å². The van der Waals surface area contributed by atoms with E-state index in [4.69, 9.17) is 9.47 Å². The van der Waals surface area contributed by atoms with Crippen LogP contribution in [0.25, 0.3) is 0 Å². The standard InChI is InChI=1S/C24H34BrN3O6/c1-15(2)28(16-8-6-9-26(14-16)23(31)32)21(29)17-12-19-20(13-18(17)25)34-24(3,4)22(30)27(19)10-7-11-33-5/h12-13,15-16H,6-11,14H2,1-5H3,(H,31,32)/t16-/m1/s1. The first-order valence-corrected chi connectivity index (χ1v) is 12.4. The van der Waals surface area contributed by atoms with Gasteiger partial charge in [0.15, 0.2) is 5.60 Å². The predicted octanol–water partition coefficient (Wildman–Crippen LogP) is 3.98. The van der Waals surface area contributed by atoms with Gasteiger partial charge in [-0.1, -0.05) is 0 Å². The molecule has 1 aromatic rings. The minimum atomic E-state index is -1.03. The maximum absolute atomic E-state index is 13.8. The van der Waals surface area contributed by atoms with Crippen molar-refractivity contribution in [3.63, 3.8) is 0 Å². The molecule has 3 rings (SSSR count). The van der Waals surface area contributed by atoms with E-state index >= 15 is 0 Å². The molecule has 0 aliphatic carbocycles. The van der Waals surface area contributed by atoms with Crippen LogP contribution in [-0.2, 0) is 9.53 Å². The smallest absolute Gasteiger partial charge is 0.407 e. The van der Waals surface area contributed by atoms with E-state index in [-0.39, 0.29) is 30.4 Å². The number of hydrogen-bond acceptors (Lipinski definition) is 5. The molecule has 0 spiro atoms. The van der Waals surface area contributed by atoms with E-state index in [9.17, 15) is 19.5 Å². The van der Waals surface area contributed by atoms with Crippen molar-refractivity contribution in [1.29, 1.82) is 0 Å². The van der Waals surface area contributed by atoms with E-state index in [0.717, 1.165) is 6.42 Å². The topological polar surface area (TPSA) is 99.6 Å². The molecule has 3 amide bonds. The summed E-state index contributed by atoms with van der Waals surface area (Å²) >= 11 is 3.53. The highest BCUT2D eigenvalue weighted by atomic mass is 79.9.